The average Bonchev–Trinajstić information content (AvgIpc) is 3.46. The van der Waals surface area contributed by atoms with E-state index in [4.69, 9.17) is 14.2 Å². The molecule has 0 saturated carbocycles. The Morgan fingerprint density at radius 3 is 0.775 bits per heavy atom. The Morgan fingerprint density at radius 2 is 0.487 bits per heavy atom. The second kappa shape index (κ2) is 67.6. The Kier molecular flexibility index (Phi) is 64.3. The fourth-order valence-electron chi connectivity index (χ4n) is 9.41. The quantitative estimate of drug-likeness (QED) is 0.0261. The predicted molar refractivity (Wildman–Crippen MR) is 348 cm³/mol. The van der Waals surface area contributed by atoms with E-state index in [0.717, 1.165) is 116 Å². The van der Waals surface area contributed by atoms with Gasteiger partial charge in [0.05, 0.1) is 0 Å². The van der Waals surface area contributed by atoms with Crippen LogP contribution >= 0.6 is 0 Å². The third-order valence-corrected chi connectivity index (χ3v) is 14.5. The van der Waals surface area contributed by atoms with Gasteiger partial charge in [-0.1, -0.05) is 284 Å². The van der Waals surface area contributed by atoms with Gasteiger partial charge in [0.2, 0.25) is 0 Å². The second-order valence-electron chi connectivity index (χ2n) is 22.3. The highest BCUT2D eigenvalue weighted by atomic mass is 16.6. The molecule has 0 aromatic heterocycles. The molecule has 6 heteroatoms. The molecule has 0 amide bonds. The number of carbonyl (C=O) groups excluding carboxylic acids is 3. The van der Waals surface area contributed by atoms with E-state index in [1.54, 1.807) is 0 Å². The van der Waals surface area contributed by atoms with Crippen LogP contribution in [0.1, 0.15) is 323 Å². The highest BCUT2D eigenvalue weighted by Crippen LogP contribution is 2.16. The molecule has 0 aliphatic carbocycles. The van der Waals surface area contributed by atoms with Crippen LogP contribution in [0.3, 0.4) is 0 Å². The monoisotopic (exact) mass is 1110 g/mol. The molecule has 0 radical (unpaired) electrons. The Hall–Kier alpha value is -3.93. The lowest BCUT2D eigenvalue weighted by Gasteiger charge is -2.18. The molecule has 0 aromatic carbocycles. The van der Waals surface area contributed by atoms with Crippen molar-refractivity contribution in [3.63, 3.8) is 0 Å². The zero-order valence-corrected chi connectivity index (χ0v) is 52.6. The van der Waals surface area contributed by atoms with Gasteiger partial charge in [0, 0.05) is 19.3 Å². The first kappa shape index (κ1) is 76.1. The summed E-state index contributed by atoms with van der Waals surface area (Å²) >= 11 is 0. The zero-order chi connectivity index (χ0) is 57.8. The first-order chi connectivity index (χ1) is 39.5. The molecule has 6 nitrogen and oxygen atoms in total. The van der Waals surface area contributed by atoms with E-state index >= 15 is 0 Å². The standard InChI is InChI=1S/C74H126O6/c1-4-7-10-13-16-19-22-25-28-30-32-33-34-35-36-37-38-39-40-41-43-44-46-49-52-55-58-61-64-67-73(76)79-70-71(69-78-72(75)66-63-60-57-54-51-48-27-24-21-18-15-12-9-6-3)80-74(77)68-65-62-59-56-53-50-47-45-42-31-29-26-23-20-17-14-11-8-5-2/h7,10,16,19,24-29,32-33,35-36,38-39,41,43,71H,4-6,8-9,11-15,17-18,20-23,30-31,34,37,40,42,44-70H2,1-3H3/b10-7-,19-16-,27-24-,28-25-,29-26-,33-32-,36-35-,39-38-,43-41-. The van der Waals surface area contributed by atoms with E-state index in [1.165, 1.54) is 167 Å². The molecule has 0 spiro atoms. The SMILES string of the molecule is CC/C=C\C/C=C\C/C=C\C/C=C\C/C=C\C/C=C\C/C=C\CCCCCCCCCC(=O)OCC(COC(=O)CCCCCCC/C=C\CCCCCCC)OC(=O)CCCCCCCCCCC/C=C\CCCCCCCC. The molecule has 0 rings (SSSR count). The molecule has 0 heterocycles. The van der Waals surface area contributed by atoms with Crippen LogP contribution in [-0.4, -0.2) is 37.2 Å². The van der Waals surface area contributed by atoms with Gasteiger partial charge < -0.3 is 14.2 Å². The van der Waals surface area contributed by atoms with E-state index in [0.29, 0.717) is 19.3 Å². The maximum absolute atomic E-state index is 12.9. The van der Waals surface area contributed by atoms with Gasteiger partial charge in [-0.05, 0) is 128 Å². The van der Waals surface area contributed by atoms with Crippen LogP contribution in [0.2, 0.25) is 0 Å². The summed E-state index contributed by atoms with van der Waals surface area (Å²) in [4.78, 5) is 38.4. The maximum Gasteiger partial charge on any atom is 0.306 e. The summed E-state index contributed by atoms with van der Waals surface area (Å²) in [7, 11) is 0. The highest BCUT2D eigenvalue weighted by Gasteiger charge is 2.19. The van der Waals surface area contributed by atoms with Gasteiger partial charge in [0.1, 0.15) is 13.2 Å². The topological polar surface area (TPSA) is 78.9 Å². The molecule has 0 bridgehead atoms. The Bertz CT molecular complexity index is 1610. The lowest BCUT2D eigenvalue weighted by Crippen LogP contribution is -2.30. The molecule has 0 aliphatic heterocycles. The minimum atomic E-state index is -0.790. The number of carbonyl (C=O) groups is 3. The normalized spacial score (nSPS) is 12.8. The Balaban J connectivity index is 4.35. The van der Waals surface area contributed by atoms with E-state index in [2.05, 4.69) is 130 Å². The average molecular weight is 1110 g/mol. The van der Waals surface area contributed by atoms with Gasteiger partial charge in [-0.25, -0.2) is 0 Å². The summed E-state index contributed by atoms with van der Waals surface area (Å²) < 4.78 is 16.9. The van der Waals surface area contributed by atoms with E-state index in [9.17, 15) is 14.4 Å². The number of allylic oxidation sites excluding steroid dienone is 18. The first-order valence-electron chi connectivity index (χ1n) is 33.9. The molecule has 1 unspecified atom stereocenters. The fraction of sp³-hybridized carbons (Fsp3) is 0.716. The molecule has 0 aliphatic rings. The minimum Gasteiger partial charge on any atom is -0.462 e. The molecule has 1 atom stereocenters. The van der Waals surface area contributed by atoms with Crippen molar-refractivity contribution in [3.8, 4) is 0 Å². The molecular weight excluding hydrogens is 985 g/mol. The molecule has 0 fully saturated rings. The lowest BCUT2D eigenvalue weighted by molar-refractivity contribution is -0.167. The first-order valence-corrected chi connectivity index (χ1v) is 33.9. The maximum atomic E-state index is 12.9. The molecule has 80 heavy (non-hydrogen) atoms. The summed E-state index contributed by atoms with van der Waals surface area (Å²) in [5.74, 6) is -0.896. The number of ether oxygens (including phenoxy) is 3. The van der Waals surface area contributed by atoms with Gasteiger partial charge in [-0.2, -0.15) is 0 Å². The van der Waals surface area contributed by atoms with Crippen molar-refractivity contribution >= 4 is 17.9 Å². The van der Waals surface area contributed by atoms with Gasteiger partial charge in [-0.3, -0.25) is 14.4 Å². The van der Waals surface area contributed by atoms with E-state index in [-0.39, 0.29) is 31.1 Å². The fourth-order valence-corrected chi connectivity index (χ4v) is 9.41. The van der Waals surface area contributed by atoms with Crippen molar-refractivity contribution in [2.75, 3.05) is 13.2 Å². The summed E-state index contributed by atoms with van der Waals surface area (Å²) in [6.07, 6.45) is 92.4. The largest absolute Gasteiger partial charge is 0.462 e. The van der Waals surface area contributed by atoms with Crippen LogP contribution in [0, 0.1) is 0 Å². The Labute approximate surface area is 495 Å². The van der Waals surface area contributed by atoms with E-state index in [1.807, 2.05) is 0 Å². The lowest BCUT2D eigenvalue weighted by atomic mass is 10.1. The number of hydrogen-bond acceptors (Lipinski definition) is 6. The van der Waals surface area contributed by atoms with Gasteiger partial charge >= 0.3 is 17.9 Å². The molecule has 0 saturated heterocycles. The highest BCUT2D eigenvalue weighted by molar-refractivity contribution is 5.71. The number of unbranched alkanes of at least 4 members (excludes halogenated alkanes) is 32. The van der Waals surface area contributed by atoms with Gasteiger partial charge in [0.25, 0.3) is 0 Å². The molecular formula is C74H126O6. The van der Waals surface area contributed by atoms with Crippen LogP contribution in [0.25, 0.3) is 0 Å². The van der Waals surface area contributed by atoms with Crippen molar-refractivity contribution in [1.29, 1.82) is 0 Å². The summed E-state index contributed by atoms with van der Waals surface area (Å²) in [5.41, 5.74) is 0. The van der Waals surface area contributed by atoms with E-state index < -0.39 is 6.10 Å². The van der Waals surface area contributed by atoms with Crippen molar-refractivity contribution in [3.05, 3.63) is 109 Å². The Morgan fingerprint density at radius 1 is 0.263 bits per heavy atom. The van der Waals surface area contributed by atoms with Crippen LogP contribution in [0.5, 0.6) is 0 Å². The van der Waals surface area contributed by atoms with Crippen LogP contribution in [0.15, 0.2) is 109 Å². The summed E-state index contributed by atoms with van der Waals surface area (Å²) in [6.45, 7) is 6.52. The third kappa shape index (κ3) is 64.9. The van der Waals surface area contributed by atoms with Crippen LogP contribution < -0.4 is 0 Å². The third-order valence-electron chi connectivity index (χ3n) is 14.5. The molecule has 458 valence electrons. The van der Waals surface area contributed by atoms with Crippen LogP contribution in [-0.2, 0) is 28.6 Å². The number of rotatable bonds is 61. The smallest absolute Gasteiger partial charge is 0.306 e. The van der Waals surface area contributed by atoms with Gasteiger partial charge in [-0.15, -0.1) is 0 Å². The number of hydrogen-bond donors (Lipinski definition) is 0. The zero-order valence-electron chi connectivity index (χ0n) is 52.6. The van der Waals surface area contributed by atoms with Crippen LogP contribution in [0.4, 0.5) is 0 Å². The minimum absolute atomic E-state index is 0.0858. The molecule has 0 aromatic rings. The predicted octanol–water partition coefficient (Wildman–Crippen LogP) is 23.4. The van der Waals surface area contributed by atoms with Gasteiger partial charge in [0.15, 0.2) is 6.10 Å². The summed E-state index contributed by atoms with van der Waals surface area (Å²) in [5, 5.41) is 0. The van der Waals surface area contributed by atoms with Crippen molar-refractivity contribution in [1.82, 2.24) is 0 Å². The van der Waals surface area contributed by atoms with Crippen molar-refractivity contribution in [2.24, 2.45) is 0 Å². The van der Waals surface area contributed by atoms with Crippen molar-refractivity contribution < 1.29 is 28.6 Å². The second-order valence-corrected chi connectivity index (χ2v) is 22.3. The number of esters is 3. The summed E-state index contributed by atoms with van der Waals surface area (Å²) in [6, 6.07) is 0. The van der Waals surface area contributed by atoms with Crippen molar-refractivity contribution in [2.45, 2.75) is 329 Å². The molecule has 0 N–H and O–H groups in total.